The zero-order chi connectivity index (χ0) is 15.8. The van der Waals surface area contributed by atoms with Crippen LogP contribution in [0.1, 0.15) is 0 Å². The van der Waals surface area contributed by atoms with Crippen molar-refractivity contribution in [1.82, 2.24) is 10.2 Å². The summed E-state index contributed by atoms with van der Waals surface area (Å²) in [6.07, 6.45) is 0. The average molecular weight is 310 g/mol. The third-order valence-corrected chi connectivity index (χ3v) is 3.50. The molecule has 0 saturated carbocycles. The Labute approximate surface area is 131 Å². The molecule has 8 heteroatoms. The van der Waals surface area contributed by atoms with Crippen molar-refractivity contribution < 1.29 is 23.9 Å². The lowest BCUT2D eigenvalue weighted by Gasteiger charge is -2.00. The zero-order valence-electron chi connectivity index (χ0n) is 11.8. The first-order valence-electron chi connectivity index (χ1n) is 6.91. The summed E-state index contributed by atoms with van der Waals surface area (Å²) in [6, 6.07) is 11.9. The van der Waals surface area contributed by atoms with Gasteiger partial charge in [-0.1, -0.05) is 12.1 Å². The largest absolute Gasteiger partial charge is 0.488 e. The quantitative estimate of drug-likeness (QED) is 0.691. The van der Waals surface area contributed by atoms with Crippen LogP contribution in [0.15, 0.2) is 46.9 Å². The molecule has 0 amide bonds. The van der Waals surface area contributed by atoms with Crippen LogP contribution in [-0.2, 0) is 0 Å². The normalized spacial score (nSPS) is 12.4. The van der Waals surface area contributed by atoms with Crippen LogP contribution in [0, 0.1) is 0 Å². The first kappa shape index (κ1) is 13.8. The van der Waals surface area contributed by atoms with Gasteiger partial charge in [-0.25, -0.2) is 0 Å². The highest BCUT2D eigenvalue weighted by Gasteiger charge is 2.17. The van der Waals surface area contributed by atoms with Crippen molar-refractivity contribution in [2.45, 2.75) is 0 Å². The van der Waals surface area contributed by atoms with E-state index >= 15 is 0 Å². The number of nitrogens with zero attached hydrogens (tertiary/aromatic N) is 2. The Morgan fingerprint density at radius 2 is 1.48 bits per heavy atom. The van der Waals surface area contributed by atoms with Crippen LogP contribution >= 0.6 is 0 Å². The summed E-state index contributed by atoms with van der Waals surface area (Å²) >= 11 is 0. The van der Waals surface area contributed by atoms with E-state index < -0.39 is 7.12 Å². The Balaban J connectivity index is 1.63. The Morgan fingerprint density at radius 3 is 2.22 bits per heavy atom. The molecule has 0 fully saturated rings. The summed E-state index contributed by atoms with van der Waals surface area (Å²) in [7, 11) is -1.50. The molecule has 0 spiro atoms. The van der Waals surface area contributed by atoms with Gasteiger partial charge < -0.3 is 23.9 Å². The van der Waals surface area contributed by atoms with Crippen LogP contribution in [0.3, 0.4) is 0 Å². The molecule has 4 rings (SSSR count). The van der Waals surface area contributed by atoms with Gasteiger partial charge in [-0.15, -0.1) is 10.2 Å². The summed E-state index contributed by atoms with van der Waals surface area (Å²) in [5.74, 6) is 2.04. The van der Waals surface area contributed by atoms with Gasteiger partial charge in [0.25, 0.3) is 0 Å². The minimum atomic E-state index is -1.50. The molecule has 2 aromatic carbocycles. The fourth-order valence-corrected chi connectivity index (χ4v) is 2.28. The second kappa shape index (κ2) is 5.42. The predicted molar refractivity (Wildman–Crippen MR) is 81.1 cm³/mol. The van der Waals surface area contributed by atoms with E-state index in [0.29, 0.717) is 34.3 Å². The van der Waals surface area contributed by atoms with Crippen molar-refractivity contribution in [3.8, 4) is 34.4 Å². The third kappa shape index (κ3) is 2.54. The number of hydrogen-bond acceptors (Lipinski definition) is 7. The second-order valence-corrected chi connectivity index (χ2v) is 4.98. The van der Waals surface area contributed by atoms with Crippen molar-refractivity contribution in [2.75, 3.05) is 6.79 Å². The van der Waals surface area contributed by atoms with Gasteiger partial charge in [0.1, 0.15) is 0 Å². The molecule has 114 valence electrons. The zero-order valence-corrected chi connectivity index (χ0v) is 11.8. The molecule has 0 atom stereocenters. The average Bonchev–Trinajstić information content (AvgIpc) is 3.23. The molecule has 0 aliphatic carbocycles. The van der Waals surface area contributed by atoms with E-state index in [1.807, 2.05) is 6.07 Å². The van der Waals surface area contributed by atoms with E-state index in [0.717, 1.165) is 5.56 Å². The van der Waals surface area contributed by atoms with E-state index in [9.17, 15) is 0 Å². The predicted octanol–water partition coefficient (Wildman–Crippen LogP) is 0.812. The van der Waals surface area contributed by atoms with Crippen LogP contribution in [0.25, 0.3) is 22.9 Å². The third-order valence-electron chi connectivity index (χ3n) is 3.50. The smallest absolute Gasteiger partial charge is 0.454 e. The van der Waals surface area contributed by atoms with Crippen LogP contribution in [0.5, 0.6) is 11.5 Å². The minimum Gasteiger partial charge on any atom is -0.454 e. The summed E-state index contributed by atoms with van der Waals surface area (Å²) in [6.45, 7) is 0.205. The lowest BCUT2D eigenvalue weighted by atomic mass is 9.80. The lowest BCUT2D eigenvalue weighted by molar-refractivity contribution is 0.174. The van der Waals surface area contributed by atoms with Gasteiger partial charge in [0.2, 0.25) is 18.6 Å². The molecule has 23 heavy (non-hydrogen) atoms. The van der Waals surface area contributed by atoms with Crippen molar-refractivity contribution in [1.29, 1.82) is 0 Å². The van der Waals surface area contributed by atoms with Gasteiger partial charge in [-0.05, 0) is 35.8 Å². The summed E-state index contributed by atoms with van der Waals surface area (Å²) in [4.78, 5) is 0. The van der Waals surface area contributed by atoms with Gasteiger partial charge in [0.05, 0.1) is 0 Å². The van der Waals surface area contributed by atoms with Crippen molar-refractivity contribution >= 4 is 12.6 Å². The Hall–Kier alpha value is -2.84. The van der Waals surface area contributed by atoms with Gasteiger partial charge in [0.15, 0.2) is 11.5 Å². The van der Waals surface area contributed by atoms with E-state index in [-0.39, 0.29) is 6.79 Å². The molecule has 0 bridgehead atoms. The summed E-state index contributed by atoms with van der Waals surface area (Å²) in [5, 5.41) is 26.2. The Kier molecular flexibility index (Phi) is 3.25. The van der Waals surface area contributed by atoms with E-state index in [1.54, 1.807) is 36.4 Å². The van der Waals surface area contributed by atoms with E-state index in [2.05, 4.69) is 10.2 Å². The number of ether oxygens (including phenoxy) is 2. The van der Waals surface area contributed by atoms with Crippen molar-refractivity contribution in [3.05, 3.63) is 42.5 Å². The minimum absolute atomic E-state index is 0.205. The molecular weight excluding hydrogens is 299 g/mol. The molecule has 7 nitrogen and oxygen atoms in total. The molecule has 2 N–H and O–H groups in total. The van der Waals surface area contributed by atoms with Crippen molar-refractivity contribution in [3.63, 3.8) is 0 Å². The fourth-order valence-electron chi connectivity index (χ4n) is 2.28. The lowest BCUT2D eigenvalue weighted by Crippen LogP contribution is -2.29. The number of aromatic nitrogens is 2. The van der Waals surface area contributed by atoms with Crippen LogP contribution in [0.2, 0.25) is 0 Å². The Bertz CT molecular complexity index is 847. The standard InChI is InChI=1S/C15H11BN2O5/c19-16(20)11-4-1-9(2-5-11)14-17-18-15(23-14)10-3-6-12-13(7-10)22-8-21-12/h1-7,19-20H,8H2. The highest BCUT2D eigenvalue weighted by Crippen LogP contribution is 2.36. The molecule has 0 unspecified atom stereocenters. The molecule has 0 radical (unpaired) electrons. The molecule has 2 heterocycles. The maximum absolute atomic E-state index is 9.10. The number of hydrogen-bond donors (Lipinski definition) is 2. The maximum Gasteiger partial charge on any atom is 0.488 e. The first-order valence-corrected chi connectivity index (χ1v) is 6.91. The van der Waals surface area contributed by atoms with Gasteiger partial charge in [-0.2, -0.15) is 0 Å². The molecular formula is C15H11BN2O5. The topological polar surface area (TPSA) is 97.8 Å². The monoisotopic (exact) mass is 310 g/mol. The fraction of sp³-hybridized carbons (Fsp3) is 0.0667. The molecule has 0 saturated heterocycles. The highest BCUT2D eigenvalue weighted by atomic mass is 16.7. The van der Waals surface area contributed by atoms with Gasteiger partial charge in [0, 0.05) is 11.1 Å². The van der Waals surface area contributed by atoms with Crippen LogP contribution < -0.4 is 14.9 Å². The highest BCUT2D eigenvalue weighted by molar-refractivity contribution is 6.58. The first-order chi connectivity index (χ1) is 11.2. The molecule has 1 aliphatic heterocycles. The summed E-state index contributed by atoms with van der Waals surface area (Å²) < 4.78 is 16.3. The molecule has 3 aromatic rings. The molecule has 1 aliphatic rings. The number of rotatable bonds is 3. The Morgan fingerprint density at radius 1 is 0.826 bits per heavy atom. The number of benzene rings is 2. The van der Waals surface area contributed by atoms with E-state index in [4.69, 9.17) is 23.9 Å². The summed E-state index contributed by atoms with van der Waals surface area (Å²) in [5.41, 5.74) is 1.81. The second-order valence-electron chi connectivity index (χ2n) is 4.98. The van der Waals surface area contributed by atoms with Crippen LogP contribution in [-0.4, -0.2) is 34.2 Å². The van der Waals surface area contributed by atoms with Crippen molar-refractivity contribution in [2.24, 2.45) is 0 Å². The van der Waals surface area contributed by atoms with Gasteiger partial charge in [-0.3, -0.25) is 0 Å². The SMILES string of the molecule is OB(O)c1ccc(-c2nnc(-c3ccc4c(c3)OCO4)o2)cc1. The molecule has 1 aromatic heterocycles. The van der Waals surface area contributed by atoms with E-state index in [1.165, 1.54) is 0 Å². The maximum atomic E-state index is 9.10. The number of fused-ring (bicyclic) bond motifs is 1. The van der Waals surface area contributed by atoms with Crippen LogP contribution in [0.4, 0.5) is 0 Å². The van der Waals surface area contributed by atoms with Gasteiger partial charge >= 0.3 is 7.12 Å².